The van der Waals surface area contributed by atoms with Gasteiger partial charge in [-0.1, -0.05) is 23.6 Å². The van der Waals surface area contributed by atoms with E-state index in [1.807, 2.05) is 0 Å². The summed E-state index contributed by atoms with van der Waals surface area (Å²) < 4.78 is 45.0. The van der Waals surface area contributed by atoms with Crippen LogP contribution in [0.25, 0.3) is 11.4 Å². The largest absolute Gasteiger partial charge is 0.490 e. The smallest absolute Gasteiger partial charge is 0.432 e. The van der Waals surface area contributed by atoms with Crippen molar-refractivity contribution in [3.63, 3.8) is 0 Å². The van der Waals surface area contributed by atoms with Gasteiger partial charge in [-0.3, -0.25) is 9.69 Å². The highest BCUT2D eigenvalue weighted by atomic mass is 35.5. The average Bonchev–Trinajstić information content (AvgIpc) is 3.36. The van der Waals surface area contributed by atoms with Gasteiger partial charge in [0.25, 0.3) is 0 Å². The molecule has 0 radical (unpaired) electrons. The number of benzene rings is 2. The zero-order chi connectivity index (χ0) is 26.4. The minimum Gasteiger partial charge on any atom is -0.490 e. The Morgan fingerprint density at radius 3 is 2.68 bits per heavy atom. The first kappa shape index (κ1) is 26.5. The van der Waals surface area contributed by atoms with Gasteiger partial charge in [-0.25, -0.2) is 4.98 Å². The van der Waals surface area contributed by atoms with Crippen LogP contribution in [-0.4, -0.2) is 72.1 Å². The van der Waals surface area contributed by atoms with E-state index in [2.05, 4.69) is 44.0 Å². The lowest BCUT2D eigenvalue weighted by Gasteiger charge is -2.32. The highest BCUT2D eigenvalue weighted by Crippen LogP contribution is 2.33. The van der Waals surface area contributed by atoms with Gasteiger partial charge >= 0.3 is 12.1 Å². The average molecular weight is 532 g/mol. The Bertz CT molecular complexity index is 1310. The minimum atomic E-state index is -4.55. The number of halogens is 4. The van der Waals surface area contributed by atoms with Crippen molar-refractivity contribution < 1.29 is 22.7 Å². The summed E-state index contributed by atoms with van der Waals surface area (Å²) in [6, 6.07) is 11.4. The van der Waals surface area contributed by atoms with Crippen molar-refractivity contribution in [2.45, 2.75) is 6.18 Å². The molecule has 11 heteroatoms. The number of hydrogen-bond donors (Lipinski definition) is 2. The van der Waals surface area contributed by atoms with E-state index in [-0.39, 0.29) is 11.5 Å². The summed E-state index contributed by atoms with van der Waals surface area (Å²) in [6.45, 7) is 4.89. The highest BCUT2D eigenvalue weighted by molar-refractivity contribution is 6.30. The summed E-state index contributed by atoms with van der Waals surface area (Å²) in [4.78, 5) is 23.2. The summed E-state index contributed by atoms with van der Waals surface area (Å²) >= 11 is 5.96. The van der Waals surface area contributed by atoms with Crippen molar-refractivity contribution in [2.75, 3.05) is 51.7 Å². The summed E-state index contributed by atoms with van der Waals surface area (Å²) in [7, 11) is 2.08. The van der Waals surface area contributed by atoms with E-state index in [1.165, 1.54) is 6.07 Å². The van der Waals surface area contributed by atoms with E-state index in [1.54, 1.807) is 36.4 Å². The number of carbonyl (C=O) groups excluding carboxylic acids is 1. The molecule has 2 heterocycles. The molecule has 7 nitrogen and oxygen atoms in total. The number of aromatic nitrogens is 2. The molecule has 0 spiro atoms. The van der Waals surface area contributed by atoms with Gasteiger partial charge in [0.2, 0.25) is 0 Å². The third kappa shape index (κ3) is 7.49. The topological polar surface area (TPSA) is 73.5 Å². The number of hydrogen-bond acceptors (Lipinski definition) is 5. The van der Waals surface area contributed by atoms with Crippen LogP contribution in [0.3, 0.4) is 0 Å². The van der Waals surface area contributed by atoms with Crippen molar-refractivity contribution in [3.8, 4) is 29.0 Å². The third-order valence-corrected chi connectivity index (χ3v) is 6.02. The van der Waals surface area contributed by atoms with Crippen LogP contribution in [0.4, 0.5) is 18.9 Å². The molecule has 1 amide bonds. The highest BCUT2D eigenvalue weighted by Gasteiger charge is 2.33. The van der Waals surface area contributed by atoms with Gasteiger partial charge in [-0.2, -0.15) is 13.2 Å². The minimum absolute atomic E-state index is 0.0109. The first-order valence-electron chi connectivity index (χ1n) is 11.6. The predicted molar refractivity (Wildman–Crippen MR) is 135 cm³/mol. The Morgan fingerprint density at radius 1 is 1.19 bits per heavy atom. The molecule has 0 bridgehead atoms. The number of imidazole rings is 1. The molecule has 194 valence electrons. The molecule has 1 aliphatic heterocycles. The van der Waals surface area contributed by atoms with E-state index in [9.17, 15) is 18.0 Å². The van der Waals surface area contributed by atoms with Crippen LogP contribution in [0.2, 0.25) is 5.02 Å². The van der Waals surface area contributed by atoms with Crippen LogP contribution in [0, 0.1) is 11.8 Å². The monoisotopic (exact) mass is 531 g/mol. The van der Waals surface area contributed by atoms with E-state index in [0.717, 1.165) is 32.4 Å². The number of alkyl halides is 3. The lowest BCUT2D eigenvalue weighted by atomic mass is 10.1. The van der Waals surface area contributed by atoms with Gasteiger partial charge in [-0.05, 0) is 43.4 Å². The van der Waals surface area contributed by atoms with E-state index < -0.39 is 17.8 Å². The van der Waals surface area contributed by atoms with E-state index in [0.29, 0.717) is 35.1 Å². The van der Waals surface area contributed by atoms with Crippen molar-refractivity contribution in [3.05, 3.63) is 64.9 Å². The first-order chi connectivity index (χ1) is 17.7. The van der Waals surface area contributed by atoms with Gasteiger partial charge in [0.15, 0.2) is 0 Å². The Hall–Kier alpha value is -3.52. The first-order valence-corrected chi connectivity index (χ1v) is 11.9. The van der Waals surface area contributed by atoms with Crippen molar-refractivity contribution in [1.29, 1.82) is 0 Å². The number of H-pyrrole nitrogens is 1. The number of anilines is 1. The van der Waals surface area contributed by atoms with Gasteiger partial charge in [0.1, 0.15) is 23.9 Å². The fourth-order valence-corrected chi connectivity index (χ4v) is 3.91. The number of likely N-dealkylation sites (N-methyl/N-ethyl adjacent to an activating group) is 1. The normalized spacial score (nSPS) is 14.6. The zero-order valence-electron chi connectivity index (χ0n) is 20.0. The van der Waals surface area contributed by atoms with Crippen LogP contribution in [0.15, 0.2) is 48.7 Å². The quantitative estimate of drug-likeness (QED) is 0.462. The number of piperazine rings is 1. The fraction of sp³-hybridized carbons (Fsp3) is 0.308. The molecule has 4 rings (SSSR count). The fourth-order valence-electron chi connectivity index (χ4n) is 3.72. The molecule has 0 atom stereocenters. The Morgan fingerprint density at radius 2 is 1.97 bits per heavy atom. The second-order valence-electron chi connectivity index (χ2n) is 8.56. The lowest BCUT2D eigenvalue weighted by molar-refractivity contribution is -0.140. The van der Waals surface area contributed by atoms with Crippen LogP contribution in [-0.2, 0) is 11.0 Å². The predicted octanol–water partition coefficient (Wildman–Crippen LogP) is 4.37. The molecule has 1 aliphatic rings. The lowest BCUT2D eigenvalue weighted by Crippen LogP contribution is -2.45. The number of nitrogens with zero attached hydrogens (tertiary/aromatic N) is 3. The molecule has 1 fully saturated rings. The standard InChI is InChI=1S/C26H25ClF3N5O2/c1-34-9-11-35(12-10-34)13-14-37-22-7-6-19(25-31-17-23(33-25)26(28,29)30)16-21(22)32-24(36)8-5-18-3-2-4-20(27)15-18/h2-4,6-7,15-17H,9-14H2,1H3,(H,31,33)(H,32,36). The molecule has 0 aliphatic carbocycles. The Labute approximate surface area is 217 Å². The van der Waals surface area contributed by atoms with Crippen molar-refractivity contribution in [2.24, 2.45) is 0 Å². The summed E-state index contributed by atoms with van der Waals surface area (Å²) in [5.74, 6) is 5.01. The number of amides is 1. The molecular weight excluding hydrogens is 507 g/mol. The molecule has 2 N–H and O–H groups in total. The maximum atomic E-state index is 13.0. The van der Waals surface area contributed by atoms with E-state index >= 15 is 0 Å². The van der Waals surface area contributed by atoms with Crippen LogP contribution < -0.4 is 10.1 Å². The molecule has 2 aromatic carbocycles. The molecule has 1 aromatic heterocycles. The van der Waals surface area contributed by atoms with Crippen molar-refractivity contribution >= 4 is 23.2 Å². The van der Waals surface area contributed by atoms with Crippen LogP contribution in [0.5, 0.6) is 5.75 Å². The molecular formula is C26H25ClF3N5O2. The summed E-state index contributed by atoms with van der Waals surface area (Å²) in [6.07, 6.45) is -3.82. The van der Waals surface area contributed by atoms with Crippen molar-refractivity contribution in [1.82, 2.24) is 19.8 Å². The van der Waals surface area contributed by atoms with Gasteiger partial charge in [0.05, 0.1) is 11.9 Å². The third-order valence-electron chi connectivity index (χ3n) is 5.79. The molecule has 0 unspecified atom stereocenters. The summed E-state index contributed by atoms with van der Waals surface area (Å²) in [5.41, 5.74) is 0.217. The Kier molecular flexibility index (Phi) is 8.38. The van der Waals surface area contributed by atoms with Crippen LogP contribution >= 0.6 is 11.6 Å². The molecule has 3 aromatic rings. The number of aromatic amines is 1. The maximum Gasteiger partial charge on any atom is 0.432 e. The van der Waals surface area contributed by atoms with Gasteiger partial charge < -0.3 is 19.9 Å². The van der Waals surface area contributed by atoms with Gasteiger partial charge in [0, 0.05) is 54.8 Å². The maximum absolute atomic E-state index is 13.0. The van der Waals surface area contributed by atoms with Gasteiger partial charge in [-0.15, -0.1) is 0 Å². The SMILES string of the molecule is CN1CCN(CCOc2ccc(-c3ncc(C(F)(F)F)[nH]3)cc2NC(=O)C#Cc2cccc(Cl)c2)CC1. The zero-order valence-corrected chi connectivity index (χ0v) is 20.8. The summed E-state index contributed by atoms with van der Waals surface area (Å²) in [5, 5.41) is 3.18. The Balaban J connectivity index is 1.52. The second-order valence-corrected chi connectivity index (χ2v) is 9.00. The second kappa shape index (κ2) is 11.7. The molecule has 1 saturated heterocycles. The number of carbonyl (C=O) groups is 1. The molecule has 37 heavy (non-hydrogen) atoms. The van der Waals surface area contributed by atoms with Crippen LogP contribution in [0.1, 0.15) is 11.3 Å². The van der Waals surface area contributed by atoms with E-state index in [4.69, 9.17) is 16.3 Å². The number of rotatable bonds is 6. The number of nitrogens with one attached hydrogen (secondary N) is 2. The molecule has 0 saturated carbocycles. The number of ether oxygens (including phenoxy) is 1.